The van der Waals surface area contributed by atoms with Crippen molar-refractivity contribution in [1.29, 1.82) is 0 Å². The summed E-state index contributed by atoms with van der Waals surface area (Å²) in [6.45, 7) is 2.66. The van der Waals surface area contributed by atoms with Crippen molar-refractivity contribution in [2.45, 2.75) is 19.6 Å². The Balaban J connectivity index is 1.94. The third kappa shape index (κ3) is 2.57. The molecule has 4 nitrogen and oxygen atoms in total. The maximum atomic E-state index is 6.13. The van der Waals surface area contributed by atoms with Crippen LogP contribution in [-0.4, -0.2) is 21.2 Å². The third-order valence-corrected chi connectivity index (χ3v) is 3.69. The Morgan fingerprint density at radius 2 is 2.20 bits per heavy atom. The van der Waals surface area contributed by atoms with E-state index in [2.05, 4.69) is 31.7 Å². The van der Waals surface area contributed by atoms with Crippen LogP contribution in [0.3, 0.4) is 0 Å². The van der Waals surface area contributed by atoms with Crippen molar-refractivity contribution in [3.63, 3.8) is 0 Å². The molecule has 2 aromatic heterocycles. The van der Waals surface area contributed by atoms with Gasteiger partial charge in [0.25, 0.3) is 0 Å². The SMILES string of the molecule is CNCc1cn(CCn2ccnc2)c2cc(Cl)ccc12. The summed E-state index contributed by atoms with van der Waals surface area (Å²) >= 11 is 6.13. The van der Waals surface area contributed by atoms with Crippen molar-refractivity contribution in [2.75, 3.05) is 7.05 Å². The summed E-state index contributed by atoms with van der Waals surface area (Å²) in [7, 11) is 1.96. The van der Waals surface area contributed by atoms with Gasteiger partial charge in [0.05, 0.1) is 6.33 Å². The van der Waals surface area contributed by atoms with Crippen LogP contribution in [0.4, 0.5) is 0 Å². The Kier molecular flexibility index (Phi) is 3.76. The van der Waals surface area contributed by atoms with Gasteiger partial charge < -0.3 is 14.5 Å². The Morgan fingerprint density at radius 1 is 1.30 bits per heavy atom. The molecule has 1 N–H and O–H groups in total. The van der Waals surface area contributed by atoms with E-state index in [9.17, 15) is 0 Å². The van der Waals surface area contributed by atoms with E-state index in [0.29, 0.717) is 0 Å². The van der Waals surface area contributed by atoms with Crippen LogP contribution < -0.4 is 5.32 Å². The number of imidazole rings is 1. The van der Waals surface area contributed by atoms with Gasteiger partial charge in [-0.15, -0.1) is 0 Å². The molecule has 3 aromatic rings. The van der Waals surface area contributed by atoms with Gasteiger partial charge in [-0.2, -0.15) is 0 Å². The zero-order valence-electron chi connectivity index (χ0n) is 11.4. The lowest BCUT2D eigenvalue weighted by Gasteiger charge is -2.06. The van der Waals surface area contributed by atoms with Crippen molar-refractivity contribution < 1.29 is 0 Å². The van der Waals surface area contributed by atoms with E-state index >= 15 is 0 Å². The average Bonchev–Trinajstić information content (AvgIpc) is 3.05. The van der Waals surface area contributed by atoms with Crippen LogP contribution in [0.25, 0.3) is 10.9 Å². The molecule has 0 spiro atoms. The topological polar surface area (TPSA) is 34.8 Å². The summed E-state index contributed by atoms with van der Waals surface area (Å²) in [6, 6.07) is 6.07. The van der Waals surface area contributed by atoms with Crippen molar-refractivity contribution in [1.82, 2.24) is 19.4 Å². The van der Waals surface area contributed by atoms with Crippen molar-refractivity contribution in [3.8, 4) is 0 Å². The number of aryl methyl sites for hydroxylation is 2. The molecule has 0 saturated carbocycles. The number of nitrogens with one attached hydrogen (secondary N) is 1. The maximum Gasteiger partial charge on any atom is 0.0946 e. The summed E-state index contributed by atoms with van der Waals surface area (Å²) in [5.74, 6) is 0. The molecule has 0 unspecified atom stereocenters. The first-order valence-electron chi connectivity index (χ1n) is 6.65. The Morgan fingerprint density at radius 3 is 2.95 bits per heavy atom. The van der Waals surface area contributed by atoms with Crippen LogP contribution in [0.15, 0.2) is 43.1 Å². The number of fused-ring (bicyclic) bond motifs is 1. The molecule has 0 aliphatic carbocycles. The van der Waals surface area contributed by atoms with Gasteiger partial charge in [-0.3, -0.25) is 0 Å². The predicted molar refractivity (Wildman–Crippen MR) is 81.9 cm³/mol. The normalized spacial score (nSPS) is 11.3. The van der Waals surface area contributed by atoms with Gasteiger partial charge in [0, 0.05) is 54.2 Å². The Hall–Kier alpha value is -1.78. The highest BCUT2D eigenvalue weighted by Gasteiger charge is 2.08. The maximum absolute atomic E-state index is 6.13. The summed E-state index contributed by atoms with van der Waals surface area (Å²) in [6.07, 6.45) is 7.83. The van der Waals surface area contributed by atoms with E-state index in [4.69, 9.17) is 11.6 Å². The van der Waals surface area contributed by atoms with Crippen LogP contribution in [-0.2, 0) is 19.6 Å². The van der Waals surface area contributed by atoms with Crippen molar-refractivity contribution in [3.05, 3.63) is 53.7 Å². The van der Waals surface area contributed by atoms with E-state index in [1.54, 1.807) is 6.20 Å². The van der Waals surface area contributed by atoms with E-state index in [0.717, 1.165) is 24.7 Å². The highest BCUT2D eigenvalue weighted by molar-refractivity contribution is 6.31. The van der Waals surface area contributed by atoms with Gasteiger partial charge in [-0.05, 0) is 24.7 Å². The Bertz CT molecular complexity index is 700. The lowest BCUT2D eigenvalue weighted by atomic mass is 10.2. The van der Waals surface area contributed by atoms with Crippen molar-refractivity contribution in [2.24, 2.45) is 0 Å². The minimum Gasteiger partial charge on any atom is -0.345 e. The molecule has 0 atom stereocenters. The molecule has 0 amide bonds. The van der Waals surface area contributed by atoms with Gasteiger partial charge in [0.1, 0.15) is 0 Å². The zero-order chi connectivity index (χ0) is 13.9. The molecule has 0 aliphatic rings. The summed E-state index contributed by atoms with van der Waals surface area (Å²) in [5, 5.41) is 5.24. The second kappa shape index (κ2) is 5.69. The molecular formula is C15H17ClN4. The van der Waals surface area contributed by atoms with E-state index in [-0.39, 0.29) is 0 Å². The smallest absolute Gasteiger partial charge is 0.0946 e. The van der Waals surface area contributed by atoms with Gasteiger partial charge >= 0.3 is 0 Å². The Labute approximate surface area is 123 Å². The van der Waals surface area contributed by atoms with Crippen LogP contribution in [0, 0.1) is 0 Å². The molecule has 3 rings (SSSR count). The van der Waals surface area contributed by atoms with Crippen LogP contribution in [0.1, 0.15) is 5.56 Å². The third-order valence-electron chi connectivity index (χ3n) is 3.45. The zero-order valence-corrected chi connectivity index (χ0v) is 12.1. The largest absolute Gasteiger partial charge is 0.345 e. The molecule has 104 valence electrons. The lowest BCUT2D eigenvalue weighted by molar-refractivity contribution is 0.590. The van der Waals surface area contributed by atoms with E-state index in [1.165, 1.54) is 16.5 Å². The summed E-state index contributed by atoms with van der Waals surface area (Å²) in [4.78, 5) is 4.07. The van der Waals surface area contributed by atoms with Crippen LogP contribution >= 0.6 is 11.6 Å². The number of hydrogen-bond donors (Lipinski definition) is 1. The number of rotatable bonds is 5. The number of hydrogen-bond acceptors (Lipinski definition) is 2. The number of halogens is 1. The fourth-order valence-electron chi connectivity index (χ4n) is 2.50. The van der Waals surface area contributed by atoms with Gasteiger partial charge in [0.15, 0.2) is 0 Å². The second-order valence-electron chi connectivity index (χ2n) is 4.84. The van der Waals surface area contributed by atoms with Gasteiger partial charge in [-0.25, -0.2) is 4.98 Å². The molecule has 0 saturated heterocycles. The first-order chi connectivity index (χ1) is 9.78. The van der Waals surface area contributed by atoms with Gasteiger partial charge in [-0.1, -0.05) is 17.7 Å². The molecule has 1 aromatic carbocycles. The quantitative estimate of drug-likeness (QED) is 0.783. The molecule has 20 heavy (non-hydrogen) atoms. The molecule has 0 radical (unpaired) electrons. The minimum atomic E-state index is 0.774. The monoisotopic (exact) mass is 288 g/mol. The fraction of sp³-hybridized carbons (Fsp3) is 0.267. The van der Waals surface area contributed by atoms with Crippen LogP contribution in [0.2, 0.25) is 5.02 Å². The first-order valence-corrected chi connectivity index (χ1v) is 7.03. The average molecular weight is 289 g/mol. The standard InChI is InChI=1S/C15H17ClN4/c1-17-9-12-10-20(7-6-19-5-4-18-11-19)15-8-13(16)2-3-14(12)15/h2-5,8,10-11,17H,6-7,9H2,1H3. The molecule has 2 heterocycles. The number of benzene rings is 1. The second-order valence-corrected chi connectivity index (χ2v) is 5.28. The lowest BCUT2D eigenvalue weighted by Crippen LogP contribution is -2.06. The van der Waals surface area contributed by atoms with E-state index in [1.807, 2.05) is 31.7 Å². The fourth-order valence-corrected chi connectivity index (χ4v) is 2.67. The number of aromatic nitrogens is 3. The van der Waals surface area contributed by atoms with Crippen molar-refractivity contribution >= 4 is 22.5 Å². The van der Waals surface area contributed by atoms with Crippen LogP contribution in [0.5, 0.6) is 0 Å². The van der Waals surface area contributed by atoms with Gasteiger partial charge in [0.2, 0.25) is 0 Å². The molecule has 0 fully saturated rings. The van der Waals surface area contributed by atoms with E-state index < -0.39 is 0 Å². The summed E-state index contributed by atoms with van der Waals surface area (Å²) < 4.78 is 4.34. The number of nitrogens with zero attached hydrogens (tertiary/aromatic N) is 3. The first kappa shape index (κ1) is 13.2. The molecular weight excluding hydrogens is 272 g/mol. The highest BCUT2D eigenvalue weighted by atomic mass is 35.5. The predicted octanol–water partition coefficient (Wildman–Crippen LogP) is 2.91. The minimum absolute atomic E-state index is 0.774. The summed E-state index contributed by atoms with van der Waals surface area (Å²) in [5.41, 5.74) is 2.48. The highest BCUT2D eigenvalue weighted by Crippen LogP contribution is 2.25. The molecule has 5 heteroatoms. The molecule has 0 aliphatic heterocycles. The molecule has 0 bridgehead atoms.